The third-order valence-electron chi connectivity index (χ3n) is 4.28. The lowest BCUT2D eigenvalue weighted by Crippen LogP contribution is -2.26. The number of methoxy groups -OCH3 is 1. The second kappa shape index (κ2) is 8.98. The smallest absolute Gasteiger partial charge is 0.254 e. The molecule has 3 aromatic rings. The second-order valence-electron chi connectivity index (χ2n) is 6.24. The van der Waals surface area contributed by atoms with E-state index in [-0.39, 0.29) is 12.5 Å². The average molecular weight is 381 g/mol. The van der Waals surface area contributed by atoms with E-state index < -0.39 is 0 Å². The van der Waals surface area contributed by atoms with Gasteiger partial charge in [-0.05, 0) is 53.2 Å². The number of hydrogen-bond donors (Lipinski definition) is 0. The first kappa shape index (κ1) is 19.3. The van der Waals surface area contributed by atoms with Gasteiger partial charge in [-0.2, -0.15) is 0 Å². The van der Waals surface area contributed by atoms with Crippen molar-refractivity contribution in [1.29, 1.82) is 0 Å². The summed E-state index contributed by atoms with van der Waals surface area (Å²) in [5.41, 5.74) is 1.58. The zero-order chi connectivity index (χ0) is 19.9. The lowest BCUT2D eigenvalue weighted by molar-refractivity contribution is 0.0784. The first-order valence-corrected chi connectivity index (χ1v) is 8.97. The Bertz CT molecular complexity index is 924. The van der Waals surface area contributed by atoms with Crippen molar-refractivity contribution in [2.45, 2.75) is 26.6 Å². The Morgan fingerprint density at radius 2 is 1.93 bits per heavy atom. The molecule has 0 bridgehead atoms. The standard InChI is InChI=1S/C20H23N5O3/c1-4-25-19(21-22-23-25)14-28-18-7-5-6-16(12-18)20(26)24(2)13-15-8-10-17(27-3)11-9-15/h5-12H,4,13-14H2,1-3H3. The summed E-state index contributed by atoms with van der Waals surface area (Å²) >= 11 is 0. The van der Waals surface area contributed by atoms with Crippen LogP contribution in [0.1, 0.15) is 28.7 Å². The molecule has 0 spiro atoms. The fourth-order valence-corrected chi connectivity index (χ4v) is 2.74. The van der Waals surface area contributed by atoms with Gasteiger partial charge in [0.15, 0.2) is 5.82 Å². The number of hydrogen-bond acceptors (Lipinski definition) is 6. The summed E-state index contributed by atoms with van der Waals surface area (Å²) in [6, 6.07) is 14.8. The lowest BCUT2D eigenvalue weighted by Gasteiger charge is -2.18. The van der Waals surface area contributed by atoms with E-state index in [1.54, 1.807) is 48.0 Å². The molecule has 0 aliphatic carbocycles. The Morgan fingerprint density at radius 1 is 1.14 bits per heavy atom. The van der Waals surface area contributed by atoms with Crippen molar-refractivity contribution in [2.24, 2.45) is 0 Å². The van der Waals surface area contributed by atoms with Crippen molar-refractivity contribution < 1.29 is 14.3 Å². The molecule has 1 aromatic heterocycles. The van der Waals surface area contributed by atoms with Gasteiger partial charge < -0.3 is 14.4 Å². The van der Waals surface area contributed by atoms with Crippen LogP contribution < -0.4 is 9.47 Å². The van der Waals surface area contributed by atoms with Crippen LogP contribution in [-0.2, 0) is 19.7 Å². The topological polar surface area (TPSA) is 82.4 Å². The van der Waals surface area contributed by atoms with Crippen LogP contribution in [0.5, 0.6) is 11.5 Å². The van der Waals surface area contributed by atoms with Gasteiger partial charge in [0.1, 0.15) is 18.1 Å². The highest BCUT2D eigenvalue weighted by atomic mass is 16.5. The minimum atomic E-state index is -0.0836. The van der Waals surface area contributed by atoms with Gasteiger partial charge in [-0.3, -0.25) is 4.79 Å². The van der Waals surface area contributed by atoms with Crippen LogP contribution >= 0.6 is 0 Å². The van der Waals surface area contributed by atoms with Crippen LogP contribution in [0, 0.1) is 0 Å². The fourth-order valence-electron chi connectivity index (χ4n) is 2.74. The van der Waals surface area contributed by atoms with E-state index in [1.165, 1.54) is 0 Å². The molecule has 0 radical (unpaired) electrons. The fraction of sp³-hybridized carbons (Fsp3) is 0.300. The minimum absolute atomic E-state index is 0.0836. The number of ether oxygens (including phenoxy) is 2. The van der Waals surface area contributed by atoms with Crippen molar-refractivity contribution in [3.05, 3.63) is 65.5 Å². The number of carbonyl (C=O) groups excluding carboxylic acids is 1. The summed E-state index contributed by atoms with van der Waals surface area (Å²) < 4.78 is 12.6. The maximum atomic E-state index is 12.8. The van der Waals surface area contributed by atoms with E-state index in [4.69, 9.17) is 9.47 Å². The molecule has 0 saturated heterocycles. The molecule has 0 fully saturated rings. The molecule has 8 nitrogen and oxygen atoms in total. The largest absolute Gasteiger partial charge is 0.497 e. The molecule has 28 heavy (non-hydrogen) atoms. The van der Waals surface area contributed by atoms with Crippen LogP contribution in [0.15, 0.2) is 48.5 Å². The van der Waals surface area contributed by atoms with Gasteiger partial charge in [0.2, 0.25) is 0 Å². The van der Waals surface area contributed by atoms with Crippen LogP contribution in [0.4, 0.5) is 0 Å². The molecular formula is C20H23N5O3. The second-order valence-corrected chi connectivity index (χ2v) is 6.24. The highest BCUT2D eigenvalue weighted by molar-refractivity contribution is 5.94. The summed E-state index contributed by atoms with van der Waals surface area (Å²) in [4.78, 5) is 14.4. The number of aryl methyl sites for hydroxylation is 1. The summed E-state index contributed by atoms with van der Waals surface area (Å²) in [6.45, 7) is 3.36. The first-order valence-electron chi connectivity index (χ1n) is 8.97. The Balaban J connectivity index is 1.63. The molecule has 146 valence electrons. The molecular weight excluding hydrogens is 358 g/mol. The Labute approximate surface area is 163 Å². The molecule has 8 heteroatoms. The summed E-state index contributed by atoms with van der Waals surface area (Å²) in [5.74, 6) is 1.93. The molecule has 0 N–H and O–H groups in total. The maximum Gasteiger partial charge on any atom is 0.254 e. The molecule has 0 aliphatic rings. The number of carbonyl (C=O) groups is 1. The van der Waals surface area contributed by atoms with Crippen molar-refractivity contribution in [3.8, 4) is 11.5 Å². The minimum Gasteiger partial charge on any atom is -0.497 e. The predicted octanol–water partition coefficient (Wildman–Crippen LogP) is 2.55. The number of rotatable bonds is 8. The first-order chi connectivity index (χ1) is 13.6. The van der Waals surface area contributed by atoms with Crippen LogP contribution in [0.3, 0.4) is 0 Å². The molecule has 0 aliphatic heterocycles. The molecule has 0 saturated carbocycles. The summed E-state index contributed by atoms with van der Waals surface area (Å²) in [5, 5.41) is 11.5. The Hall–Kier alpha value is -3.42. The zero-order valence-electron chi connectivity index (χ0n) is 16.2. The molecule has 1 heterocycles. The number of tetrazole rings is 1. The predicted molar refractivity (Wildman–Crippen MR) is 103 cm³/mol. The van der Waals surface area contributed by atoms with Gasteiger partial charge in [0.05, 0.1) is 7.11 Å². The third-order valence-corrected chi connectivity index (χ3v) is 4.28. The lowest BCUT2D eigenvalue weighted by atomic mass is 10.1. The van der Waals surface area contributed by atoms with E-state index in [1.807, 2.05) is 31.2 Å². The molecule has 0 atom stereocenters. The number of aromatic nitrogens is 4. The van der Waals surface area contributed by atoms with Gasteiger partial charge in [-0.15, -0.1) is 5.10 Å². The maximum absolute atomic E-state index is 12.8. The normalized spacial score (nSPS) is 10.5. The quantitative estimate of drug-likeness (QED) is 0.596. The third kappa shape index (κ3) is 4.64. The SMILES string of the molecule is CCn1nnnc1COc1cccc(C(=O)N(C)Cc2ccc(OC)cc2)c1. The van der Waals surface area contributed by atoms with Crippen molar-refractivity contribution in [1.82, 2.24) is 25.1 Å². The molecule has 2 aromatic carbocycles. The van der Waals surface area contributed by atoms with Crippen molar-refractivity contribution in [2.75, 3.05) is 14.2 Å². The van der Waals surface area contributed by atoms with Gasteiger partial charge in [-0.1, -0.05) is 18.2 Å². The van der Waals surface area contributed by atoms with E-state index in [9.17, 15) is 4.79 Å². The number of amides is 1. The highest BCUT2D eigenvalue weighted by Gasteiger charge is 2.13. The van der Waals surface area contributed by atoms with Gasteiger partial charge in [0.25, 0.3) is 5.91 Å². The van der Waals surface area contributed by atoms with Crippen molar-refractivity contribution in [3.63, 3.8) is 0 Å². The van der Waals surface area contributed by atoms with Gasteiger partial charge in [-0.25, -0.2) is 4.68 Å². The zero-order valence-corrected chi connectivity index (χ0v) is 16.2. The van der Waals surface area contributed by atoms with Gasteiger partial charge in [0, 0.05) is 25.7 Å². The van der Waals surface area contributed by atoms with Crippen LogP contribution in [-0.4, -0.2) is 45.2 Å². The van der Waals surface area contributed by atoms with E-state index in [2.05, 4.69) is 15.5 Å². The van der Waals surface area contributed by atoms with Crippen LogP contribution in [0.25, 0.3) is 0 Å². The van der Waals surface area contributed by atoms with E-state index in [0.717, 1.165) is 11.3 Å². The van der Waals surface area contributed by atoms with Gasteiger partial charge >= 0.3 is 0 Å². The summed E-state index contributed by atoms with van der Waals surface area (Å²) in [7, 11) is 3.40. The molecule has 0 unspecified atom stereocenters. The summed E-state index contributed by atoms with van der Waals surface area (Å²) in [6.07, 6.45) is 0. The number of benzene rings is 2. The van der Waals surface area contributed by atoms with Crippen molar-refractivity contribution >= 4 is 5.91 Å². The highest BCUT2D eigenvalue weighted by Crippen LogP contribution is 2.18. The van der Waals surface area contributed by atoms with E-state index in [0.29, 0.717) is 30.2 Å². The monoisotopic (exact) mass is 381 g/mol. The Morgan fingerprint density at radius 3 is 2.64 bits per heavy atom. The average Bonchev–Trinajstić information content (AvgIpc) is 3.20. The number of nitrogens with zero attached hydrogens (tertiary/aromatic N) is 5. The molecule has 1 amide bonds. The van der Waals surface area contributed by atoms with E-state index >= 15 is 0 Å². The Kier molecular flexibility index (Phi) is 6.21. The van der Waals surface area contributed by atoms with Crippen LogP contribution in [0.2, 0.25) is 0 Å². The molecule has 3 rings (SSSR count).